The summed E-state index contributed by atoms with van der Waals surface area (Å²) < 4.78 is 106. The monoisotopic (exact) mass is 1330 g/mol. The smallest absolute Gasteiger partial charge is 0.416 e. The quantitative estimate of drug-likeness (QED) is 0.0633. The first-order chi connectivity index (χ1) is 44.1. The summed E-state index contributed by atoms with van der Waals surface area (Å²) >= 11 is 0. The number of esters is 2. The molecule has 23 heteroatoms. The number of hydrogen-bond acceptors (Lipinski definition) is 14. The van der Waals surface area contributed by atoms with Gasteiger partial charge in [-0.05, 0) is 132 Å². The van der Waals surface area contributed by atoms with E-state index in [-0.39, 0.29) is 61.8 Å². The van der Waals surface area contributed by atoms with Crippen LogP contribution in [0.3, 0.4) is 0 Å². The van der Waals surface area contributed by atoms with Crippen LogP contribution in [0.4, 0.5) is 47.3 Å². The van der Waals surface area contributed by atoms with Crippen molar-refractivity contribution in [2.45, 2.75) is 134 Å². The fraction of sp³-hybridized carbons (Fsp3) is 0.493. The van der Waals surface area contributed by atoms with Crippen molar-refractivity contribution >= 4 is 59.7 Å². The Morgan fingerprint density at radius 2 is 0.904 bits per heavy atom. The SMILES string of the molecule is CC(C)(C)OC(=O)C1CCN(c2cc(C(F)(F)F)ccc2[C@H]2CN(Cc3ccccc3)C[C@@H]2C(=O)N2C(=O)OC[C@H]2Cc2ccccc2)CC1.CC(C)(C)OC(=O)C1CCN(c2cc(C(F)(F)F)ccc2[C@H]2CNC[C@@H]2C(=O)N2C(=O)OC[C@H]2Cc2ccccc2)CC1.Cl. The highest BCUT2D eigenvalue weighted by molar-refractivity contribution is 5.97. The Bertz CT molecular complexity index is 3460. The standard InChI is InChI=1S/C39H44F3N3O5.C32H38F3N3O5.ClH/c1-38(2,3)50-36(47)28-16-18-44(19-17-28)34-21-29(39(40,41)42)14-15-31(34)32-23-43(22-27-12-8-5-9-13-27)24-33(32)35(46)45-30(25-49-37(45)48)20-26-10-6-4-7-11-26;1-31(2,3)43-29(40)21-11-13-37(14-12-21)27-16-22(32(33,34)35)9-10-24(27)25-17-36-18-26(25)28(39)38-23(19-42-30(38)41)15-20-7-5-4-6-8-20;/h4-15,21,28,30,32-33H,16-20,22-25H2,1-3H3;4-10,16,21,23,25-26,36H,11-15,17-19H2,1-3H3;1H/t30-,32-,33+;23-,25-,26+;/m11./s1. The number of imide groups is 2. The second kappa shape index (κ2) is 29.5. The van der Waals surface area contributed by atoms with Crippen LogP contribution in [0.1, 0.15) is 118 Å². The second-order valence-corrected chi connectivity index (χ2v) is 27.2. The van der Waals surface area contributed by atoms with Crippen LogP contribution < -0.4 is 15.1 Å². The van der Waals surface area contributed by atoms with Crippen molar-refractivity contribution in [1.29, 1.82) is 0 Å². The Morgan fingerprint density at radius 1 is 0.511 bits per heavy atom. The number of nitrogens with zero attached hydrogens (tertiary/aromatic N) is 5. The van der Waals surface area contributed by atoms with Gasteiger partial charge in [-0.1, -0.05) is 103 Å². The first-order valence-electron chi connectivity index (χ1n) is 32.0. The molecule has 0 bridgehead atoms. The minimum absolute atomic E-state index is 0. The van der Waals surface area contributed by atoms with Gasteiger partial charge in [0.15, 0.2) is 0 Å². The van der Waals surface area contributed by atoms with Crippen molar-refractivity contribution in [1.82, 2.24) is 20.0 Å². The number of carbonyl (C=O) groups is 6. The van der Waals surface area contributed by atoms with Crippen LogP contribution in [-0.4, -0.2) is 139 Å². The van der Waals surface area contributed by atoms with E-state index in [0.717, 1.165) is 34.9 Å². The molecule has 0 saturated carbocycles. The van der Waals surface area contributed by atoms with E-state index in [1.54, 1.807) is 41.5 Å². The Kier molecular flexibility index (Phi) is 22.2. The predicted octanol–water partition coefficient (Wildman–Crippen LogP) is 12.6. The number of carbonyl (C=O) groups excluding carboxylic acids is 6. The van der Waals surface area contributed by atoms with Gasteiger partial charge in [-0.15, -0.1) is 12.4 Å². The van der Waals surface area contributed by atoms with Gasteiger partial charge < -0.3 is 34.1 Å². The van der Waals surface area contributed by atoms with Gasteiger partial charge in [-0.3, -0.25) is 24.1 Å². The molecule has 1 N–H and O–H groups in total. The van der Waals surface area contributed by atoms with Crippen LogP contribution >= 0.6 is 12.4 Å². The lowest BCUT2D eigenvalue weighted by atomic mass is 9.85. The molecule has 6 aliphatic heterocycles. The molecule has 0 unspecified atom stereocenters. The van der Waals surface area contributed by atoms with Crippen LogP contribution in [0.2, 0.25) is 0 Å². The van der Waals surface area contributed by atoms with E-state index >= 15 is 0 Å². The van der Waals surface area contributed by atoms with Crippen molar-refractivity contribution in [2.24, 2.45) is 23.7 Å². The number of ether oxygens (including phenoxy) is 4. The number of rotatable bonds is 14. The lowest BCUT2D eigenvalue weighted by Crippen LogP contribution is -2.45. The largest absolute Gasteiger partial charge is 0.460 e. The van der Waals surface area contributed by atoms with Gasteiger partial charge in [0.2, 0.25) is 11.8 Å². The van der Waals surface area contributed by atoms with E-state index in [4.69, 9.17) is 18.9 Å². The third kappa shape index (κ3) is 17.2. The van der Waals surface area contributed by atoms with Crippen molar-refractivity contribution in [3.63, 3.8) is 0 Å². The lowest BCUT2D eigenvalue weighted by Gasteiger charge is -2.36. The minimum Gasteiger partial charge on any atom is -0.460 e. The van der Waals surface area contributed by atoms with E-state index in [0.29, 0.717) is 113 Å². The first-order valence-corrected chi connectivity index (χ1v) is 32.0. The average molecular weight is 1330 g/mol. The Labute approximate surface area is 551 Å². The summed E-state index contributed by atoms with van der Waals surface area (Å²) in [5.74, 6) is -4.42. The van der Waals surface area contributed by atoms with Crippen LogP contribution in [0, 0.1) is 23.7 Å². The first kappa shape index (κ1) is 70.6. The maximum Gasteiger partial charge on any atom is 0.416 e. The number of hydrogen-bond donors (Lipinski definition) is 1. The van der Waals surface area contributed by atoms with E-state index in [1.165, 1.54) is 28.0 Å². The van der Waals surface area contributed by atoms with Gasteiger partial charge in [0.1, 0.15) is 24.4 Å². The molecule has 6 atom stereocenters. The molecule has 0 aliphatic carbocycles. The molecule has 5 aromatic rings. The van der Waals surface area contributed by atoms with E-state index < -0.39 is 88.5 Å². The van der Waals surface area contributed by atoms with Crippen LogP contribution in [0.25, 0.3) is 0 Å². The highest BCUT2D eigenvalue weighted by Gasteiger charge is 2.50. The highest BCUT2D eigenvalue weighted by atomic mass is 35.5. The third-order valence-corrected chi connectivity index (χ3v) is 18.2. The molecule has 94 heavy (non-hydrogen) atoms. The third-order valence-electron chi connectivity index (χ3n) is 18.2. The van der Waals surface area contributed by atoms with Gasteiger partial charge in [-0.25, -0.2) is 19.4 Å². The number of likely N-dealkylation sites (tertiary alicyclic amines) is 1. The highest BCUT2D eigenvalue weighted by Crippen LogP contribution is 2.45. The number of cyclic esters (lactones) is 2. The molecule has 0 radical (unpaired) electrons. The predicted molar refractivity (Wildman–Crippen MR) is 343 cm³/mol. The molecule has 16 nitrogen and oxygen atoms in total. The molecule has 6 heterocycles. The lowest BCUT2D eigenvalue weighted by molar-refractivity contribution is -0.161. The van der Waals surface area contributed by atoms with Crippen molar-refractivity contribution in [3.05, 3.63) is 166 Å². The fourth-order valence-corrected chi connectivity index (χ4v) is 13.7. The number of anilines is 2. The van der Waals surface area contributed by atoms with Gasteiger partial charge >= 0.3 is 36.5 Å². The van der Waals surface area contributed by atoms with E-state index in [2.05, 4.69) is 10.2 Å². The Balaban J connectivity index is 0.000000221. The second-order valence-electron chi connectivity index (χ2n) is 27.2. The zero-order valence-corrected chi connectivity index (χ0v) is 54.6. The zero-order valence-electron chi connectivity index (χ0n) is 53.8. The van der Waals surface area contributed by atoms with E-state index in [9.17, 15) is 55.1 Å². The van der Waals surface area contributed by atoms with Crippen molar-refractivity contribution in [3.8, 4) is 0 Å². The molecule has 5 aromatic carbocycles. The maximum absolute atomic E-state index is 14.5. The van der Waals surface area contributed by atoms with Gasteiger partial charge in [0.05, 0.1) is 46.9 Å². The molecule has 6 aliphatic rings. The molecule has 0 aromatic heterocycles. The Hall–Kier alpha value is -7.69. The molecule has 6 fully saturated rings. The summed E-state index contributed by atoms with van der Waals surface area (Å²) in [7, 11) is 0. The number of alkyl halides is 6. The van der Waals surface area contributed by atoms with Crippen LogP contribution in [0.15, 0.2) is 127 Å². The Morgan fingerprint density at radius 3 is 1.31 bits per heavy atom. The van der Waals surface area contributed by atoms with Gasteiger partial charge in [0.25, 0.3) is 0 Å². The number of piperidine rings is 2. The summed E-state index contributed by atoms with van der Waals surface area (Å²) in [6.45, 7) is 14.3. The summed E-state index contributed by atoms with van der Waals surface area (Å²) in [4.78, 5) is 88.2. The molecule has 0 spiro atoms. The van der Waals surface area contributed by atoms with Crippen molar-refractivity contribution in [2.75, 3.05) is 75.4 Å². The molecular weight excluding hydrogens is 1250 g/mol. The van der Waals surface area contributed by atoms with Crippen LogP contribution in [-0.2, 0) is 69.9 Å². The maximum atomic E-state index is 14.5. The molecule has 6 saturated heterocycles. The van der Waals surface area contributed by atoms with Gasteiger partial charge in [-0.2, -0.15) is 26.3 Å². The zero-order chi connectivity index (χ0) is 66.6. The number of halogens is 7. The number of nitrogens with one attached hydrogen (secondary N) is 1. The summed E-state index contributed by atoms with van der Waals surface area (Å²) in [6, 6.07) is 35.3. The summed E-state index contributed by atoms with van der Waals surface area (Å²) in [6.07, 6.45) is -7.90. The normalized spacial score (nSPS) is 22.5. The fourth-order valence-electron chi connectivity index (χ4n) is 13.7. The summed E-state index contributed by atoms with van der Waals surface area (Å²) in [5.41, 5.74) is 2.17. The number of amides is 4. The van der Waals surface area contributed by atoms with Crippen LogP contribution in [0.5, 0.6) is 0 Å². The van der Waals surface area contributed by atoms with Gasteiger partial charge in [0, 0.05) is 82.1 Å². The van der Waals surface area contributed by atoms with Crippen molar-refractivity contribution < 1.29 is 74.1 Å². The number of benzene rings is 5. The molecule has 506 valence electrons. The average Bonchev–Trinajstić information content (AvgIpc) is 1.47. The molecule has 4 amide bonds. The topological polar surface area (TPSA) is 168 Å². The minimum atomic E-state index is -4.57. The molecular formula is C71H83ClF6N6O10. The molecule has 11 rings (SSSR count). The van der Waals surface area contributed by atoms with E-state index in [1.807, 2.05) is 101 Å². The summed E-state index contributed by atoms with van der Waals surface area (Å²) in [5, 5.41) is 3.22.